The van der Waals surface area contributed by atoms with Crippen molar-refractivity contribution in [3.63, 3.8) is 0 Å². The third kappa shape index (κ3) is 3.59. The molecule has 0 unspecified atom stereocenters. The number of carbonyl (C=O) groups is 1. The Labute approximate surface area is 80.0 Å². The molecule has 0 bridgehead atoms. The SMILES string of the molecule is CN(C)C(=O)/C=C/CN1CCCC1. The summed E-state index contributed by atoms with van der Waals surface area (Å²) in [5.74, 6) is 0.0687. The van der Waals surface area contributed by atoms with Crippen molar-refractivity contribution in [2.45, 2.75) is 12.8 Å². The van der Waals surface area contributed by atoms with E-state index >= 15 is 0 Å². The highest BCUT2D eigenvalue weighted by Crippen LogP contribution is 2.06. The van der Waals surface area contributed by atoms with Crippen molar-refractivity contribution in [1.29, 1.82) is 0 Å². The lowest BCUT2D eigenvalue weighted by Gasteiger charge is -2.11. The van der Waals surface area contributed by atoms with Gasteiger partial charge in [0, 0.05) is 26.7 Å². The summed E-state index contributed by atoms with van der Waals surface area (Å²) in [4.78, 5) is 15.1. The molecule has 1 rings (SSSR count). The number of hydrogen-bond acceptors (Lipinski definition) is 2. The molecule has 3 heteroatoms. The van der Waals surface area contributed by atoms with Gasteiger partial charge in [0.15, 0.2) is 0 Å². The van der Waals surface area contributed by atoms with E-state index < -0.39 is 0 Å². The van der Waals surface area contributed by atoms with Gasteiger partial charge in [0.05, 0.1) is 0 Å². The molecule has 1 heterocycles. The molecular weight excluding hydrogens is 164 g/mol. The molecule has 0 aromatic heterocycles. The molecule has 13 heavy (non-hydrogen) atoms. The van der Waals surface area contributed by atoms with Gasteiger partial charge in [-0.1, -0.05) is 6.08 Å². The Morgan fingerprint density at radius 2 is 2.00 bits per heavy atom. The second-order valence-corrected chi connectivity index (χ2v) is 3.64. The highest BCUT2D eigenvalue weighted by molar-refractivity contribution is 5.87. The Hall–Kier alpha value is -0.830. The highest BCUT2D eigenvalue weighted by Gasteiger charge is 2.08. The summed E-state index contributed by atoms with van der Waals surface area (Å²) in [6.07, 6.45) is 6.21. The molecule has 1 saturated heterocycles. The molecule has 0 atom stereocenters. The Morgan fingerprint density at radius 1 is 1.38 bits per heavy atom. The second-order valence-electron chi connectivity index (χ2n) is 3.64. The van der Waals surface area contributed by atoms with Crippen LogP contribution in [0.15, 0.2) is 12.2 Å². The van der Waals surface area contributed by atoms with Gasteiger partial charge in [-0.3, -0.25) is 9.69 Å². The Bertz CT molecular complexity index is 193. The zero-order chi connectivity index (χ0) is 9.68. The summed E-state index contributed by atoms with van der Waals surface area (Å²) in [7, 11) is 3.53. The summed E-state index contributed by atoms with van der Waals surface area (Å²) < 4.78 is 0. The first-order valence-electron chi connectivity index (χ1n) is 4.80. The summed E-state index contributed by atoms with van der Waals surface area (Å²) in [5, 5.41) is 0. The Kier molecular flexibility index (Phi) is 3.96. The first-order valence-corrected chi connectivity index (χ1v) is 4.80. The summed E-state index contributed by atoms with van der Waals surface area (Å²) >= 11 is 0. The van der Waals surface area contributed by atoms with Crippen molar-refractivity contribution in [2.75, 3.05) is 33.7 Å². The van der Waals surface area contributed by atoms with E-state index in [0.717, 1.165) is 6.54 Å². The van der Waals surface area contributed by atoms with Crippen LogP contribution in [0.3, 0.4) is 0 Å². The predicted octanol–water partition coefficient (Wildman–Crippen LogP) is 0.727. The minimum Gasteiger partial charge on any atom is -0.345 e. The molecule has 0 spiro atoms. The minimum absolute atomic E-state index is 0.0687. The Morgan fingerprint density at radius 3 is 2.54 bits per heavy atom. The van der Waals surface area contributed by atoms with Gasteiger partial charge in [-0.05, 0) is 25.9 Å². The zero-order valence-electron chi connectivity index (χ0n) is 8.49. The van der Waals surface area contributed by atoms with Crippen LogP contribution >= 0.6 is 0 Å². The molecule has 1 amide bonds. The van der Waals surface area contributed by atoms with Gasteiger partial charge in [-0.25, -0.2) is 0 Å². The molecule has 0 aliphatic carbocycles. The van der Waals surface area contributed by atoms with Gasteiger partial charge in [-0.2, -0.15) is 0 Å². The maximum Gasteiger partial charge on any atom is 0.245 e. The lowest BCUT2D eigenvalue weighted by molar-refractivity contribution is -0.123. The summed E-state index contributed by atoms with van der Waals surface area (Å²) in [6.45, 7) is 3.28. The van der Waals surface area contributed by atoms with Crippen LogP contribution in [0.25, 0.3) is 0 Å². The monoisotopic (exact) mass is 182 g/mol. The molecule has 1 aliphatic heterocycles. The quantitative estimate of drug-likeness (QED) is 0.601. The van der Waals surface area contributed by atoms with Gasteiger partial charge < -0.3 is 4.90 Å². The van der Waals surface area contributed by atoms with E-state index in [1.807, 2.05) is 6.08 Å². The lowest BCUT2D eigenvalue weighted by Crippen LogP contribution is -2.21. The molecule has 1 fully saturated rings. The van der Waals surface area contributed by atoms with Crippen molar-refractivity contribution in [3.05, 3.63) is 12.2 Å². The van der Waals surface area contributed by atoms with Gasteiger partial charge >= 0.3 is 0 Å². The average molecular weight is 182 g/mol. The van der Waals surface area contributed by atoms with Crippen LogP contribution in [-0.4, -0.2) is 49.4 Å². The molecule has 74 valence electrons. The number of carbonyl (C=O) groups excluding carboxylic acids is 1. The van der Waals surface area contributed by atoms with Crippen molar-refractivity contribution in [2.24, 2.45) is 0 Å². The van der Waals surface area contributed by atoms with Gasteiger partial charge in [0.25, 0.3) is 0 Å². The molecule has 0 N–H and O–H groups in total. The molecule has 0 aromatic rings. The van der Waals surface area contributed by atoms with Gasteiger partial charge in [0.1, 0.15) is 0 Å². The minimum atomic E-state index is 0.0687. The van der Waals surface area contributed by atoms with Crippen LogP contribution in [0.2, 0.25) is 0 Å². The van der Waals surface area contributed by atoms with E-state index in [1.54, 1.807) is 25.1 Å². The van der Waals surface area contributed by atoms with Crippen LogP contribution in [0, 0.1) is 0 Å². The predicted molar refractivity (Wildman–Crippen MR) is 53.5 cm³/mol. The maximum absolute atomic E-state index is 11.1. The average Bonchev–Trinajstić information content (AvgIpc) is 2.56. The fraction of sp³-hybridized carbons (Fsp3) is 0.700. The smallest absolute Gasteiger partial charge is 0.245 e. The third-order valence-electron chi connectivity index (χ3n) is 2.26. The first kappa shape index (κ1) is 10.3. The molecule has 0 radical (unpaired) electrons. The maximum atomic E-state index is 11.1. The zero-order valence-corrected chi connectivity index (χ0v) is 8.49. The first-order chi connectivity index (χ1) is 6.20. The fourth-order valence-electron chi connectivity index (χ4n) is 1.42. The Balaban J connectivity index is 2.20. The molecule has 0 saturated carbocycles. The van der Waals surface area contributed by atoms with E-state index in [0.29, 0.717) is 0 Å². The van der Waals surface area contributed by atoms with Crippen LogP contribution in [0.4, 0.5) is 0 Å². The van der Waals surface area contributed by atoms with E-state index in [-0.39, 0.29) is 5.91 Å². The number of likely N-dealkylation sites (N-methyl/N-ethyl adjacent to an activating group) is 1. The molecular formula is C10H18N2O. The number of likely N-dealkylation sites (tertiary alicyclic amines) is 1. The number of amides is 1. The summed E-state index contributed by atoms with van der Waals surface area (Å²) in [5.41, 5.74) is 0. The van der Waals surface area contributed by atoms with Crippen molar-refractivity contribution in [3.8, 4) is 0 Å². The second kappa shape index (κ2) is 5.02. The molecule has 1 aliphatic rings. The standard InChI is InChI=1S/C10H18N2O/c1-11(2)10(13)6-5-9-12-7-3-4-8-12/h5-6H,3-4,7-9H2,1-2H3/b6-5+. The van der Waals surface area contributed by atoms with Crippen molar-refractivity contribution in [1.82, 2.24) is 9.80 Å². The number of nitrogens with zero attached hydrogens (tertiary/aromatic N) is 2. The third-order valence-corrected chi connectivity index (χ3v) is 2.26. The summed E-state index contributed by atoms with van der Waals surface area (Å²) in [6, 6.07) is 0. The normalized spacial score (nSPS) is 18.3. The van der Waals surface area contributed by atoms with Crippen LogP contribution < -0.4 is 0 Å². The van der Waals surface area contributed by atoms with Crippen molar-refractivity contribution >= 4 is 5.91 Å². The van der Waals surface area contributed by atoms with E-state index in [9.17, 15) is 4.79 Å². The molecule has 3 nitrogen and oxygen atoms in total. The highest BCUT2D eigenvalue weighted by atomic mass is 16.2. The fourth-order valence-corrected chi connectivity index (χ4v) is 1.42. The van der Waals surface area contributed by atoms with E-state index in [1.165, 1.54) is 25.9 Å². The number of rotatable bonds is 3. The van der Waals surface area contributed by atoms with Gasteiger partial charge in [0.2, 0.25) is 5.91 Å². The molecule has 0 aromatic carbocycles. The van der Waals surface area contributed by atoms with Gasteiger partial charge in [-0.15, -0.1) is 0 Å². The van der Waals surface area contributed by atoms with E-state index in [2.05, 4.69) is 4.90 Å². The van der Waals surface area contributed by atoms with E-state index in [4.69, 9.17) is 0 Å². The largest absolute Gasteiger partial charge is 0.345 e. The lowest BCUT2D eigenvalue weighted by atomic mass is 10.4. The van der Waals surface area contributed by atoms with Crippen LogP contribution in [0.1, 0.15) is 12.8 Å². The topological polar surface area (TPSA) is 23.6 Å². The van der Waals surface area contributed by atoms with Crippen LogP contribution in [-0.2, 0) is 4.79 Å². The number of hydrogen-bond donors (Lipinski definition) is 0. The van der Waals surface area contributed by atoms with Crippen molar-refractivity contribution < 1.29 is 4.79 Å². The van der Waals surface area contributed by atoms with Crippen LogP contribution in [0.5, 0.6) is 0 Å².